The number of amides is 1. The number of hydrogen-bond acceptors (Lipinski definition) is 7. The van der Waals surface area contributed by atoms with Crippen LogP contribution in [0, 0.1) is 0 Å². The molecule has 0 saturated heterocycles. The summed E-state index contributed by atoms with van der Waals surface area (Å²) in [4.78, 5) is 36.6. The second-order valence-electron chi connectivity index (χ2n) is 7.12. The van der Waals surface area contributed by atoms with E-state index in [0.29, 0.717) is 12.2 Å². The molecule has 2 aromatic heterocycles. The Bertz CT molecular complexity index is 1160. The van der Waals surface area contributed by atoms with Gasteiger partial charge in [-0.25, -0.2) is 15.0 Å². The molecule has 1 amide bonds. The predicted molar refractivity (Wildman–Crippen MR) is 123 cm³/mol. The van der Waals surface area contributed by atoms with Crippen LogP contribution in [0.25, 0.3) is 11.2 Å². The number of aromatic amines is 1. The molecule has 0 aliphatic heterocycles. The monoisotopic (exact) mass is 468 g/mol. The van der Waals surface area contributed by atoms with Crippen molar-refractivity contribution < 1.29 is 44.3 Å². The zero-order chi connectivity index (χ0) is 23.3. The molecule has 2 aromatic carbocycles. The topological polar surface area (TPSA) is 136 Å². The molecule has 0 atom stereocenters. The molecule has 0 aliphatic rings. The zero-order valence-corrected chi connectivity index (χ0v) is 21.0. The Hall–Kier alpha value is -3.27. The summed E-state index contributed by atoms with van der Waals surface area (Å²) in [7, 11) is 0. The summed E-state index contributed by atoms with van der Waals surface area (Å²) >= 11 is 0. The number of H-pyrrole nitrogens is 1. The van der Waals surface area contributed by atoms with Gasteiger partial charge < -0.3 is 25.5 Å². The summed E-state index contributed by atoms with van der Waals surface area (Å²) in [5, 5.41) is 16.0. The molecule has 0 radical (unpaired) electrons. The van der Waals surface area contributed by atoms with Gasteiger partial charge in [0.25, 0.3) is 0 Å². The van der Waals surface area contributed by atoms with Gasteiger partial charge in [0, 0.05) is 25.5 Å². The normalized spacial score (nSPS) is 9.88. The molecule has 34 heavy (non-hydrogen) atoms. The van der Waals surface area contributed by atoms with Crippen molar-refractivity contribution in [2.24, 2.45) is 0 Å². The average molecular weight is 468 g/mol. The fourth-order valence-electron chi connectivity index (χ4n) is 2.98. The molecule has 170 valence electrons. The van der Waals surface area contributed by atoms with Crippen molar-refractivity contribution in [2.75, 3.05) is 11.9 Å². The van der Waals surface area contributed by atoms with Gasteiger partial charge in [0.15, 0.2) is 11.5 Å². The number of aromatic nitrogens is 4. The maximum atomic E-state index is 11.1. The molecule has 0 unspecified atom stereocenters. The van der Waals surface area contributed by atoms with E-state index in [0.717, 1.165) is 29.9 Å². The molecule has 4 aromatic rings. The van der Waals surface area contributed by atoms with E-state index in [4.69, 9.17) is 0 Å². The molecule has 0 bridgehead atoms. The van der Waals surface area contributed by atoms with Gasteiger partial charge in [0.05, 0.1) is 6.33 Å². The van der Waals surface area contributed by atoms with E-state index in [9.17, 15) is 14.7 Å². The van der Waals surface area contributed by atoms with Crippen LogP contribution in [0.4, 0.5) is 5.82 Å². The molecular formula is C24H25N6NaO3. The fraction of sp³-hybridized carbons (Fsp3) is 0.208. The van der Waals surface area contributed by atoms with Crippen molar-refractivity contribution in [2.45, 2.75) is 25.8 Å². The van der Waals surface area contributed by atoms with E-state index in [2.05, 4.69) is 42.7 Å². The number of carbonyl (C=O) groups excluding carboxylic acids is 2. The number of hydrogen-bond donors (Lipinski definition) is 3. The predicted octanol–water partition coefficient (Wildman–Crippen LogP) is -1.16. The van der Waals surface area contributed by atoms with Crippen LogP contribution in [0.2, 0.25) is 0 Å². The Morgan fingerprint density at radius 3 is 2.24 bits per heavy atom. The number of nitrogens with zero attached hydrogens (tertiary/aromatic N) is 3. The molecule has 0 aliphatic carbocycles. The van der Waals surface area contributed by atoms with Crippen molar-refractivity contribution in [1.29, 1.82) is 0 Å². The summed E-state index contributed by atoms with van der Waals surface area (Å²) in [6.45, 7) is 1.25. The largest absolute Gasteiger partial charge is 1.00 e. The van der Waals surface area contributed by atoms with Crippen LogP contribution in [0.1, 0.15) is 24.0 Å². The first-order chi connectivity index (χ1) is 16.1. The summed E-state index contributed by atoms with van der Waals surface area (Å²) in [5.74, 6) is -0.672. The second-order valence-corrected chi connectivity index (χ2v) is 7.12. The number of fused-ring (bicyclic) bond motifs is 1. The molecule has 4 rings (SSSR count). The molecule has 10 heteroatoms. The number of carbonyl (C=O) groups is 2. The van der Waals surface area contributed by atoms with E-state index in [1.165, 1.54) is 11.9 Å². The van der Waals surface area contributed by atoms with Crippen LogP contribution in [0.15, 0.2) is 73.3 Å². The van der Waals surface area contributed by atoms with Crippen LogP contribution < -0.4 is 45.3 Å². The number of rotatable bonds is 9. The SMILES string of the molecule is O=C([O-])CCC(=O)NCCc1ccccc1.[Na+].c1ccc(CNc2ncnc3nc[nH]c23)cc1. The van der Waals surface area contributed by atoms with Crippen LogP contribution in [0.3, 0.4) is 0 Å². The average Bonchev–Trinajstić information content (AvgIpc) is 3.33. The van der Waals surface area contributed by atoms with Gasteiger partial charge in [0.2, 0.25) is 5.91 Å². The Morgan fingerprint density at radius 2 is 1.56 bits per heavy atom. The number of anilines is 1. The Labute approximate surface area is 219 Å². The number of aliphatic carboxylic acids is 1. The molecule has 9 nitrogen and oxygen atoms in total. The smallest absolute Gasteiger partial charge is 0.550 e. The van der Waals surface area contributed by atoms with Gasteiger partial charge in [0.1, 0.15) is 11.8 Å². The second kappa shape index (κ2) is 14.8. The molecule has 0 saturated carbocycles. The number of imidazole rings is 1. The molecule has 3 N–H and O–H groups in total. The van der Waals surface area contributed by atoms with E-state index >= 15 is 0 Å². The minimum Gasteiger partial charge on any atom is -0.550 e. The number of carboxylic acids is 1. The third kappa shape index (κ3) is 9.30. The zero-order valence-electron chi connectivity index (χ0n) is 19.0. The van der Waals surface area contributed by atoms with E-state index in [1.807, 2.05) is 48.5 Å². The fourth-order valence-corrected chi connectivity index (χ4v) is 2.98. The minimum atomic E-state index is -1.20. The van der Waals surface area contributed by atoms with Gasteiger partial charge in [-0.1, -0.05) is 60.7 Å². The molecule has 0 spiro atoms. The third-order valence-corrected chi connectivity index (χ3v) is 4.66. The Balaban J connectivity index is 0.000000234. The molecular weight excluding hydrogens is 443 g/mol. The number of carboxylic acid groups (broad SMARTS) is 1. The van der Waals surface area contributed by atoms with Crippen LogP contribution >= 0.6 is 0 Å². The summed E-state index contributed by atoms with van der Waals surface area (Å²) in [6.07, 6.45) is 3.63. The maximum Gasteiger partial charge on any atom is 1.00 e. The van der Waals surface area contributed by atoms with Crippen LogP contribution in [-0.4, -0.2) is 38.4 Å². The van der Waals surface area contributed by atoms with Gasteiger partial charge in [-0.3, -0.25) is 4.79 Å². The minimum absolute atomic E-state index is 0. The summed E-state index contributed by atoms with van der Waals surface area (Å²) in [5.41, 5.74) is 3.86. The van der Waals surface area contributed by atoms with Crippen LogP contribution in [0.5, 0.6) is 0 Å². The summed E-state index contributed by atoms with van der Waals surface area (Å²) < 4.78 is 0. The van der Waals surface area contributed by atoms with E-state index in [1.54, 1.807) is 6.33 Å². The Kier molecular flexibility index (Phi) is 11.7. The van der Waals surface area contributed by atoms with E-state index in [-0.39, 0.29) is 48.3 Å². The first-order valence-electron chi connectivity index (χ1n) is 10.5. The van der Waals surface area contributed by atoms with E-state index < -0.39 is 5.97 Å². The van der Waals surface area contributed by atoms with Gasteiger partial charge in [-0.15, -0.1) is 0 Å². The molecule has 0 fully saturated rings. The third-order valence-electron chi connectivity index (χ3n) is 4.66. The van der Waals surface area contributed by atoms with Crippen LogP contribution in [-0.2, 0) is 22.6 Å². The van der Waals surface area contributed by atoms with Crippen molar-refractivity contribution in [1.82, 2.24) is 25.3 Å². The quantitative estimate of drug-likeness (QED) is 0.264. The number of nitrogens with one attached hydrogen (secondary N) is 3. The van der Waals surface area contributed by atoms with Gasteiger partial charge in [-0.05, 0) is 24.0 Å². The van der Waals surface area contributed by atoms with Crippen molar-refractivity contribution >= 4 is 28.9 Å². The van der Waals surface area contributed by atoms with Crippen molar-refractivity contribution in [3.8, 4) is 0 Å². The Morgan fingerprint density at radius 1 is 0.882 bits per heavy atom. The van der Waals surface area contributed by atoms with Gasteiger partial charge >= 0.3 is 29.6 Å². The van der Waals surface area contributed by atoms with Gasteiger partial charge in [-0.2, -0.15) is 0 Å². The summed E-state index contributed by atoms with van der Waals surface area (Å²) in [6, 6.07) is 19.9. The standard InChI is InChI=1S/C12H11N5.C12H15NO3.Na/c1-2-4-9(5-3-1)6-13-11-10-12(15-7-14-10)17-8-16-11;14-11(6-7-12(15)16)13-9-8-10-4-2-1-3-5-10;/h1-5,7-8H,6H2,(H2,13,14,15,16,17);1-5H,6-9H2,(H,13,14)(H,15,16);/q;;+1/p-1. The molecule has 2 heterocycles. The first-order valence-corrected chi connectivity index (χ1v) is 10.5. The number of benzene rings is 2. The van der Waals surface area contributed by atoms with Crippen molar-refractivity contribution in [3.63, 3.8) is 0 Å². The first kappa shape index (κ1) is 27.0. The van der Waals surface area contributed by atoms with Crippen molar-refractivity contribution in [3.05, 3.63) is 84.4 Å². The maximum absolute atomic E-state index is 11.1.